The van der Waals surface area contributed by atoms with Crippen LogP contribution in [-0.2, 0) is 7.87 Å². The molecule has 24 heavy (non-hydrogen) atoms. The first-order valence-electron chi connectivity index (χ1n) is 7.63. The Labute approximate surface area is 146 Å². The average Bonchev–Trinajstić information content (AvgIpc) is 2.68. The quantitative estimate of drug-likeness (QED) is 0.477. The summed E-state index contributed by atoms with van der Waals surface area (Å²) in [5, 5.41) is 0. The second kappa shape index (κ2) is 7.37. The maximum atomic E-state index is 12.1. The van der Waals surface area contributed by atoms with Gasteiger partial charge in [0.05, 0.1) is 0 Å². The van der Waals surface area contributed by atoms with Gasteiger partial charge in [0.25, 0.3) is 0 Å². The molecule has 0 unspecified atom stereocenters. The number of hydrogen-bond donors (Lipinski definition) is 0. The van der Waals surface area contributed by atoms with Crippen molar-refractivity contribution < 1.29 is 7.87 Å². The molecule has 0 bridgehead atoms. The van der Waals surface area contributed by atoms with Crippen LogP contribution in [0.3, 0.4) is 0 Å². The fourth-order valence-corrected chi connectivity index (χ4v) is 13.4. The van der Waals surface area contributed by atoms with Crippen LogP contribution in [0.5, 0.6) is 0 Å². The number of carbonyl (C=O) groups excluding carboxylic acids is 1. The zero-order valence-electron chi connectivity index (χ0n) is 13.1. The van der Waals surface area contributed by atoms with Crippen LogP contribution in [0, 0.1) is 12.3 Å². The Morgan fingerprint density at radius 2 is 1.04 bits per heavy atom. The summed E-state index contributed by atoms with van der Waals surface area (Å²) in [6, 6.07) is 29.9. The van der Waals surface area contributed by atoms with Crippen molar-refractivity contribution in [3.63, 3.8) is 0 Å². The van der Waals surface area contributed by atoms with Gasteiger partial charge in [-0.15, -0.1) is 0 Å². The van der Waals surface area contributed by atoms with Crippen LogP contribution < -0.4 is 10.7 Å². The molecule has 3 aromatic rings. The van der Waals surface area contributed by atoms with Crippen molar-refractivity contribution in [3.8, 4) is 12.3 Å². The van der Waals surface area contributed by atoms with Crippen molar-refractivity contribution >= 4 is 35.5 Å². The summed E-state index contributed by atoms with van der Waals surface area (Å²) in [6.07, 6.45) is 5.32. The van der Waals surface area contributed by atoms with Crippen molar-refractivity contribution in [2.24, 2.45) is 0 Å². The summed E-state index contributed by atoms with van der Waals surface area (Å²) in [5.74, 6) is 1.51. The molecule has 0 fully saturated rings. The van der Waals surface area contributed by atoms with Gasteiger partial charge in [0, 0.05) is 0 Å². The van der Waals surface area contributed by atoms with Crippen LogP contribution in [-0.4, -0.2) is 24.8 Å². The Balaban J connectivity index is 2.33. The molecular formula is C21H16O2Sn. The number of terminal acetylenes is 1. The first-order chi connectivity index (χ1) is 11.8. The summed E-state index contributed by atoms with van der Waals surface area (Å²) in [6.45, 7) is 0. The molecule has 0 aromatic heterocycles. The summed E-state index contributed by atoms with van der Waals surface area (Å²) in [5.41, 5.74) is 0. The molecule has 3 rings (SSSR count). The third kappa shape index (κ3) is 3.08. The molecule has 0 amide bonds. The van der Waals surface area contributed by atoms with Gasteiger partial charge in [-0.05, 0) is 0 Å². The Morgan fingerprint density at radius 3 is 1.33 bits per heavy atom. The van der Waals surface area contributed by atoms with Gasteiger partial charge in [0.2, 0.25) is 0 Å². The van der Waals surface area contributed by atoms with Crippen LogP contribution in [0.25, 0.3) is 0 Å². The van der Waals surface area contributed by atoms with Crippen molar-refractivity contribution in [1.29, 1.82) is 0 Å². The molecule has 0 saturated heterocycles. The van der Waals surface area contributed by atoms with Crippen LogP contribution >= 0.6 is 0 Å². The molecule has 3 aromatic carbocycles. The topological polar surface area (TPSA) is 26.3 Å². The standard InChI is InChI=1S/3C6H5.C3H2O2.Sn/c3*1-2-4-6-5-3-1;1-2-3(4)5;/h3*1-5H;1H,(H,4,5);/q;;;;+1/p-1. The minimum absolute atomic E-state index is 0.609. The molecule has 0 radical (unpaired) electrons. The number of rotatable bonds is 4. The van der Waals surface area contributed by atoms with Gasteiger partial charge in [0.1, 0.15) is 0 Å². The van der Waals surface area contributed by atoms with E-state index in [1.807, 2.05) is 91.0 Å². The van der Waals surface area contributed by atoms with Gasteiger partial charge in [-0.25, -0.2) is 0 Å². The summed E-state index contributed by atoms with van der Waals surface area (Å²) < 4.78 is 9.23. The third-order valence-electron chi connectivity index (χ3n) is 3.90. The molecular weight excluding hydrogens is 403 g/mol. The molecule has 0 aliphatic carbocycles. The van der Waals surface area contributed by atoms with E-state index in [9.17, 15) is 4.79 Å². The van der Waals surface area contributed by atoms with Crippen LogP contribution in [0.2, 0.25) is 0 Å². The Hall–Kier alpha value is -2.51. The molecule has 0 N–H and O–H groups in total. The van der Waals surface area contributed by atoms with Crippen LogP contribution in [0.1, 0.15) is 0 Å². The molecule has 0 aliphatic rings. The zero-order chi connectivity index (χ0) is 16.8. The molecule has 3 heteroatoms. The number of hydrogen-bond acceptors (Lipinski definition) is 2. The SMILES string of the molecule is C#CC(=O)[O][Sn]([c]1ccccc1)([c]1ccccc1)[c]1ccccc1. The van der Waals surface area contributed by atoms with E-state index >= 15 is 0 Å². The second-order valence-electron chi connectivity index (χ2n) is 5.31. The van der Waals surface area contributed by atoms with E-state index in [-0.39, 0.29) is 0 Å². The first kappa shape index (κ1) is 16.4. The van der Waals surface area contributed by atoms with E-state index in [0.717, 1.165) is 10.7 Å². The molecule has 2 nitrogen and oxygen atoms in total. The summed E-state index contributed by atoms with van der Waals surface area (Å²) in [4.78, 5) is 12.1. The molecule has 0 heterocycles. The van der Waals surface area contributed by atoms with Gasteiger partial charge in [-0.2, -0.15) is 0 Å². The number of carbonyl (C=O) groups is 1. The zero-order valence-corrected chi connectivity index (χ0v) is 15.9. The van der Waals surface area contributed by atoms with E-state index in [2.05, 4.69) is 5.92 Å². The fourth-order valence-electron chi connectivity index (χ4n) is 2.86. The normalized spacial score (nSPS) is 10.6. The van der Waals surface area contributed by atoms with Gasteiger partial charge >= 0.3 is 147 Å². The molecule has 0 saturated carbocycles. The maximum absolute atomic E-state index is 12.1. The van der Waals surface area contributed by atoms with Crippen molar-refractivity contribution in [2.75, 3.05) is 0 Å². The second-order valence-corrected chi connectivity index (χ2v) is 14.7. The predicted molar refractivity (Wildman–Crippen MR) is 98.9 cm³/mol. The Kier molecular flexibility index (Phi) is 5.02. The molecule has 0 aliphatic heterocycles. The monoisotopic (exact) mass is 420 g/mol. The van der Waals surface area contributed by atoms with Gasteiger partial charge < -0.3 is 0 Å². The minimum atomic E-state index is -3.98. The first-order valence-corrected chi connectivity index (χ1v) is 13.1. The third-order valence-corrected chi connectivity index (χ3v) is 15.1. The van der Waals surface area contributed by atoms with E-state index in [1.54, 1.807) is 0 Å². The molecule has 0 spiro atoms. The molecule has 116 valence electrons. The summed E-state index contributed by atoms with van der Waals surface area (Å²) in [7, 11) is 0. The Morgan fingerprint density at radius 1 is 0.708 bits per heavy atom. The van der Waals surface area contributed by atoms with E-state index in [4.69, 9.17) is 9.50 Å². The van der Waals surface area contributed by atoms with Gasteiger partial charge in [-0.3, -0.25) is 0 Å². The predicted octanol–water partition coefficient (Wildman–Crippen LogP) is 1.83. The van der Waals surface area contributed by atoms with E-state index in [1.165, 1.54) is 0 Å². The van der Waals surface area contributed by atoms with Crippen molar-refractivity contribution in [3.05, 3.63) is 91.0 Å². The van der Waals surface area contributed by atoms with E-state index < -0.39 is 24.8 Å². The van der Waals surface area contributed by atoms with Crippen LogP contribution in [0.4, 0.5) is 0 Å². The van der Waals surface area contributed by atoms with Crippen molar-refractivity contribution in [1.82, 2.24) is 0 Å². The summed E-state index contributed by atoms with van der Waals surface area (Å²) >= 11 is -3.98. The van der Waals surface area contributed by atoms with Crippen molar-refractivity contribution in [2.45, 2.75) is 0 Å². The number of benzene rings is 3. The van der Waals surface area contributed by atoms with Gasteiger partial charge in [-0.1, -0.05) is 0 Å². The molecule has 0 atom stereocenters. The fraction of sp³-hybridized carbons (Fsp3) is 0. The average molecular weight is 419 g/mol. The Bertz CT molecular complexity index is 756. The van der Waals surface area contributed by atoms with Crippen LogP contribution in [0.15, 0.2) is 91.0 Å². The van der Waals surface area contributed by atoms with Gasteiger partial charge in [0.15, 0.2) is 0 Å². The van der Waals surface area contributed by atoms with E-state index in [0.29, 0.717) is 0 Å².